The van der Waals surface area contributed by atoms with Gasteiger partial charge in [-0.15, -0.1) is 0 Å². The number of hydrogen-bond donors (Lipinski definition) is 0. The van der Waals surface area contributed by atoms with E-state index in [1.807, 2.05) is 18.2 Å². The van der Waals surface area contributed by atoms with Crippen molar-refractivity contribution in [2.45, 2.75) is 13.1 Å². The van der Waals surface area contributed by atoms with Crippen LogP contribution in [0.15, 0.2) is 95.7 Å². The first-order chi connectivity index (χ1) is 16.7. The van der Waals surface area contributed by atoms with Crippen LogP contribution in [-0.2, 0) is 20.5 Å². The number of nitrogens with zero attached hydrogens (tertiary/aromatic N) is 1. The molecule has 5 nitrogen and oxygen atoms in total. The van der Waals surface area contributed by atoms with Gasteiger partial charge in [0.15, 0.2) is 0 Å². The third-order valence-corrected chi connectivity index (χ3v) is 5.37. The van der Waals surface area contributed by atoms with Gasteiger partial charge < -0.3 is 9.47 Å². The molecular weight excluding hydrogens is 459 g/mol. The molecule has 0 spiro atoms. The lowest BCUT2D eigenvalue weighted by atomic mass is 10.0. The lowest BCUT2D eigenvalue weighted by Gasteiger charge is -2.19. The first-order valence-corrected chi connectivity index (χ1v) is 10.5. The molecule has 1 heterocycles. The molecule has 0 radical (unpaired) electrons. The van der Waals surface area contributed by atoms with E-state index in [-0.39, 0.29) is 22.5 Å². The van der Waals surface area contributed by atoms with Gasteiger partial charge in [0.1, 0.15) is 11.5 Å². The maximum absolute atomic E-state index is 13.4. The summed E-state index contributed by atoms with van der Waals surface area (Å²) >= 11 is 0. The fraction of sp³-hybridized carbons (Fsp3) is 0.111. The number of ether oxygens (including phenoxy) is 2. The molecule has 0 saturated heterocycles. The molecule has 0 aromatic heterocycles. The van der Waals surface area contributed by atoms with Crippen molar-refractivity contribution in [2.75, 3.05) is 12.0 Å². The van der Waals surface area contributed by atoms with Gasteiger partial charge in [0, 0.05) is 11.4 Å². The quantitative estimate of drug-likeness (QED) is 0.315. The molecule has 4 rings (SSSR count). The van der Waals surface area contributed by atoms with Crippen LogP contribution < -0.4 is 9.64 Å². The van der Waals surface area contributed by atoms with Crippen LogP contribution in [0.1, 0.15) is 18.1 Å². The number of hydrogen-bond acceptors (Lipinski definition) is 4. The summed E-state index contributed by atoms with van der Waals surface area (Å²) in [5.74, 6) is -0.285. The molecule has 0 bridgehead atoms. The number of esters is 1. The van der Waals surface area contributed by atoms with Crippen molar-refractivity contribution in [2.24, 2.45) is 0 Å². The summed E-state index contributed by atoms with van der Waals surface area (Å²) in [4.78, 5) is 27.0. The third-order valence-electron chi connectivity index (χ3n) is 5.37. The molecule has 0 fully saturated rings. The van der Waals surface area contributed by atoms with Crippen LogP contribution in [0.5, 0.6) is 11.5 Å². The number of rotatable bonds is 5. The number of carbonyl (C=O) groups excluding carboxylic acids is 2. The van der Waals surface area contributed by atoms with E-state index in [1.165, 1.54) is 32.2 Å². The molecule has 0 unspecified atom stereocenters. The summed E-state index contributed by atoms with van der Waals surface area (Å²) < 4.78 is 50.5. The van der Waals surface area contributed by atoms with Crippen molar-refractivity contribution in [3.8, 4) is 11.5 Å². The van der Waals surface area contributed by atoms with Crippen LogP contribution in [0, 0.1) is 0 Å². The van der Waals surface area contributed by atoms with Crippen molar-refractivity contribution in [1.82, 2.24) is 0 Å². The third kappa shape index (κ3) is 4.96. The fourth-order valence-corrected chi connectivity index (χ4v) is 3.77. The zero-order chi connectivity index (χ0) is 25.2. The van der Waals surface area contributed by atoms with Crippen LogP contribution in [-0.4, -0.2) is 19.0 Å². The van der Waals surface area contributed by atoms with Gasteiger partial charge in [-0.1, -0.05) is 36.4 Å². The van der Waals surface area contributed by atoms with E-state index in [0.717, 1.165) is 17.0 Å². The number of alkyl halides is 3. The van der Waals surface area contributed by atoms with Crippen molar-refractivity contribution in [3.05, 3.63) is 107 Å². The number of para-hydroxylation sites is 1. The minimum Gasteiger partial charge on any atom is -0.465 e. The average Bonchev–Trinajstić information content (AvgIpc) is 3.08. The molecule has 8 heteroatoms. The highest BCUT2D eigenvalue weighted by Crippen LogP contribution is 2.38. The molecule has 178 valence electrons. The van der Waals surface area contributed by atoms with Crippen molar-refractivity contribution >= 4 is 23.6 Å². The van der Waals surface area contributed by atoms with Gasteiger partial charge in [-0.05, 0) is 61.0 Å². The maximum atomic E-state index is 13.4. The zero-order valence-corrected chi connectivity index (χ0v) is 18.8. The summed E-state index contributed by atoms with van der Waals surface area (Å²) in [5.41, 5.74) is -0.203. The van der Waals surface area contributed by atoms with Crippen LogP contribution in [0.4, 0.5) is 18.9 Å². The minimum absolute atomic E-state index is 0.00335. The number of allylic oxidation sites excluding steroid dienone is 1. The van der Waals surface area contributed by atoms with Gasteiger partial charge in [-0.3, -0.25) is 9.69 Å². The molecule has 0 saturated carbocycles. The van der Waals surface area contributed by atoms with E-state index in [4.69, 9.17) is 9.47 Å². The van der Waals surface area contributed by atoms with Gasteiger partial charge in [0.2, 0.25) is 0 Å². The molecular formula is C27H20F3NO4. The fourth-order valence-electron chi connectivity index (χ4n) is 3.77. The van der Waals surface area contributed by atoms with Gasteiger partial charge in [0.05, 0.1) is 23.8 Å². The monoisotopic (exact) mass is 479 g/mol. The molecule has 35 heavy (non-hydrogen) atoms. The molecule has 1 aliphatic heterocycles. The Morgan fingerprint density at radius 1 is 0.914 bits per heavy atom. The first kappa shape index (κ1) is 23.8. The highest BCUT2D eigenvalue weighted by atomic mass is 19.4. The van der Waals surface area contributed by atoms with E-state index >= 15 is 0 Å². The molecule has 3 aromatic rings. The largest absolute Gasteiger partial charge is 0.465 e. The molecule has 0 N–H and O–H groups in total. The van der Waals surface area contributed by atoms with Crippen molar-refractivity contribution in [3.63, 3.8) is 0 Å². The Morgan fingerprint density at radius 2 is 1.60 bits per heavy atom. The van der Waals surface area contributed by atoms with E-state index in [0.29, 0.717) is 17.1 Å². The Labute approximate surface area is 199 Å². The van der Waals surface area contributed by atoms with Crippen LogP contribution >= 0.6 is 0 Å². The van der Waals surface area contributed by atoms with Gasteiger partial charge in [0.25, 0.3) is 5.91 Å². The van der Waals surface area contributed by atoms with Gasteiger partial charge >= 0.3 is 12.1 Å². The van der Waals surface area contributed by atoms with E-state index < -0.39 is 23.6 Å². The maximum Gasteiger partial charge on any atom is 0.416 e. The minimum atomic E-state index is -4.58. The summed E-state index contributed by atoms with van der Waals surface area (Å²) in [6.45, 7) is 1.49. The number of halogens is 3. The lowest BCUT2D eigenvalue weighted by Crippen LogP contribution is -2.24. The number of carbonyl (C=O) groups is 2. The predicted octanol–water partition coefficient (Wildman–Crippen LogP) is 6.37. The summed E-state index contributed by atoms with van der Waals surface area (Å²) in [6, 6.07) is 20.3. The summed E-state index contributed by atoms with van der Waals surface area (Å²) in [6.07, 6.45) is -3.09. The van der Waals surface area contributed by atoms with Gasteiger partial charge in [-0.25, -0.2) is 4.79 Å². The van der Waals surface area contributed by atoms with E-state index in [9.17, 15) is 22.8 Å². The van der Waals surface area contributed by atoms with Crippen molar-refractivity contribution in [1.29, 1.82) is 0 Å². The normalized spacial score (nSPS) is 15.1. The number of amides is 1. The Balaban J connectivity index is 1.75. The van der Waals surface area contributed by atoms with Gasteiger partial charge in [-0.2, -0.15) is 13.2 Å². The van der Waals surface area contributed by atoms with Crippen molar-refractivity contribution < 1.29 is 32.2 Å². The highest BCUT2D eigenvalue weighted by Gasteiger charge is 2.39. The molecule has 3 aromatic carbocycles. The summed E-state index contributed by atoms with van der Waals surface area (Å²) in [5, 5.41) is 0. The standard InChI is InChI=1S/C27H20F3NO4/c1-17-24(26(33)34-2)23(25(32)31(17)20-10-7-9-19(16-20)27(28,29)30)15-18-8-6-13-22(14-18)35-21-11-4-3-5-12-21/h3-16H,1-2H3/b23-15-. The Hall–Kier alpha value is -4.33. The highest BCUT2D eigenvalue weighted by molar-refractivity contribution is 6.23. The second-order valence-electron chi connectivity index (χ2n) is 7.69. The zero-order valence-electron chi connectivity index (χ0n) is 18.8. The molecule has 0 atom stereocenters. The number of methoxy groups -OCH3 is 1. The summed E-state index contributed by atoms with van der Waals surface area (Å²) in [7, 11) is 1.17. The average molecular weight is 479 g/mol. The van der Waals surface area contributed by atoms with E-state index in [1.54, 1.807) is 36.4 Å². The molecule has 1 amide bonds. The second-order valence-corrected chi connectivity index (χ2v) is 7.69. The van der Waals surface area contributed by atoms with Crippen LogP contribution in [0.2, 0.25) is 0 Å². The smallest absolute Gasteiger partial charge is 0.416 e. The molecule has 0 aliphatic carbocycles. The number of benzene rings is 3. The molecule has 1 aliphatic rings. The Morgan fingerprint density at radius 3 is 2.29 bits per heavy atom. The Bertz CT molecular complexity index is 1340. The topological polar surface area (TPSA) is 55.8 Å². The predicted molar refractivity (Wildman–Crippen MR) is 125 cm³/mol. The van der Waals surface area contributed by atoms with Crippen LogP contribution in [0.3, 0.4) is 0 Å². The van der Waals surface area contributed by atoms with Crippen LogP contribution in [0.25, 0.3) is 6.08 Å². The Kier molecular flexibility index (Phi) is 6.46. The lowest BCUT2D eigenvalue weighted by molar-refractivity contribution is -0.137. The second kappa shape index (κ2) is 9.50. The van der Waals surface area contributed by atoms with E-state index in [2.05, 4.69) is 0 Å². The first-order valence-electron chi connectivity index (χ1n) is 10.5. The SMILES string of the molecule is COC(=O)C1=C(C)N(c2cccc(C(F)(F)F)c2)C(=O)/C1=C\c1cccc(Oc2ccccc2)c1. The number of anilines is 1.